The number of nitrogens with one attached hydrogen (secondary N) is 1. The van der Waals surface area contributed by atoms with Gasteiger partial charge in [-0.2, -0.15) is 5.10 Å². The topological polar surface area (TPSA) is 69.1 Å². The Hall–Kier alpha value is -3.02. The second-order valence-corrected chi connectivity index (χ2v) is 4.98. The van der Waals surface area contributed by atoms with Gasteiger partial charge in [0.1, 0.15) is 5.82 Å². The number of hydrogen-bond acceptors (Lipinski definition) is 4. The summed E-state index contributed by atoms with van der Waals surface area (Å²) in [6.45, 7) is 0. The Morgan fingerprint density at radius 2 is 1.78 bits per heavy atom. The minimum absolute atomic E-state index is 0.289. The maximum absolute atomic E-state index is 12.2. The lowest BCUT2D eigenvalue weighted by atomic mass is 10.1. The van der Waals surface area contributed by atoms with Crippen LogP contribution in [-0.4, -0.2) is 29.0 Å². The summed E-state index contributed by atoms with van der Waals surface area (Å²) >= 11 is 0. The number of aromatic nitrogens is 3. The summed E-state index contributed by atoms with van der Waals surface area (Å²) < 4.78 is 12.1. The molecule has 0 aliphatic carbocycles. The van der Waals surface area contributed by atoms with E-state index in [1.165, 1.54) is 4.57 Å². The van der Waals surface area contributed by atoms with E-state index in [0.717, 1.165) is 5.56 Å². The van der Waals surface area contributed by atoms with Gasteiger partial charge in [0.2, 0.25) is 0 Å². The molecule has 118 valence electrons. The number of ether oxygens (including phenoxy) is 2. The van der Waals surface area contributed by atoms with Crippen molar-refractivity contribution in [3.63, 3.8) is 0 Å². The zero-order valence-electron chi connectivity index (χ0n) is 12.9. The van der Waals surface area contributed by atoms with E-state index in [9.17, 15) is 4.79 Å². The van der Waals surface area contributed by atoms with Gasteiger partial charge < -0.3 is 9.47 Å². The zero-order chi connectivity index (χ0) is 16.2. The van der Waals surface area contributed by atoms with Crippen LogP contribution in [0.15, 0.2) is 53.3 Å². The fraction of sp³-hybridized carbons (Fsp3) is 0.176. The van der Waals surface area contributed by atoms with Crippen molar-refractivity contribution in [2.45, 2.75) is 6.42 Å². The lowest BCUT2D eigenvalue weighted by molar-refractivity contribution is 0.355. The molecule has 23 heavy (non-hydrogen) atoms. The molecule has 0 radical (unpaired) electrons. The number of H-pyrrole nitrogens is 1. The van der Waals surface area contributed by atoms with Crippen molar-refractivity contribution in [1.82, 2.24) is 14.8 Å². The normalized spacial score (nSPS) is 10.5. The number of rotatable bonds is 5. The molecule has 0 saturated carbocycles. The third-order valence-corrected chi connectivity index (χ3v) is 3.57. The van der Waals surface area contributed by atoms with Crippen LogP contribution < -0.4 is 15.2 Å². The molecule has 0 aliphatic rings. The highest BCUT2D eigenvalue weighted by Gasteiger charge is 2.13. The van der Waals surface area contributed by atoms with Gasteiger partial charge in [-0.3, -0.25) is 0 Å². The van der Waals surface area contributed by atoms with Crippen molar-refractivity contribution in [3.05, 3.63) is 70.4 Å². The van der Waals surface area contributed by atoms with Crippen molar-refractivity contribution in [1.29, 1.82) is 0 Å². The van der Waals surface area contributed by atoms with Gasteiger partial charge in [-0.25, -0.2) is 14.5 Å². The van der Waals surface area contributed by atoms with Gasteiger partial charge in [0.05, 0.1) is 19.9 Å². The molecule has 0 spiro atoms. The molecule has 1 heterocycles. The lowest BCUT2D eigenvalue weighted by Gasteiger charge is -2.11. The van der Waals surface area contributed by atoms with Crippen LogP contribution in [0.25, 0.3) is 5.69 Å². The van der Waals surface area contributed by atoms with Crippen molar-refractivity contribution in [2.24, 2.45) is 0 Å². The summed E-state index contributed by atoms with van der Waals surface area (Å²) in [5.41, 5.74) is 1.46. The van der Waals surface area contributed by atoms with Gasteiger partial charge in [-0.15, -0.1) is 0 Å². The Morgan fingerprint density at radius 3 is 2.48 bits per heavy atom. The molecule has 6 nitrogen and oxygen atoms in total. The summed E-state index contributed by atoms with van der Waals surface area (Å²) in [5, 5.41) is 6.65. The van der Waals surface area contributed by atoms with Gasteiger partial charge in [0, 0.05) is 12.5 Å². The van der Waals surface area contributed by atoms with Crippen LogP contribution in [0, 0.1) is 0 Å². The molecule has 0 bridgehead atoms. The van der Waals surface area contributed by atoms with E-state index in [4.69, 9.17) is 9.47 Å². The van der Waals surface area contributed by atoms with Crippen molar-refractivity contribution >= 4 is 0 Å². The van der Waals surface area contributed by atoms with Crippen LogP contribution >= 0.6 is 0 Å². The number of nitrogens with zero attached hydrogens (tertiary/aromatic N) is 2. The van der Waals surface area contributed by atoms with Crippen LogP contribution in [0.4, 0.5) is 0 Å². The average Bonchev–Trinajstić information content (AvgIpc) is 2.95. The van der Waals surface area contributed by atoms with Gasteiger partial charge >= 0.3 is 5.69 Å². The predicted octanol–water partition coefficient (Wildman–Crippen LogP) is 2.17. The Morgan fingerprint density at radius 1 is 1.04 bits per heavy atom. The Kier molecular flexibility index (Phi) is 4.14. The maximum atomic E-state index is 12.2. The minimum Gasteiger partial charge on any atom is -0.493 e. The van der Waals surface area contributed by atoms with E-state index in [-0.39, 0.29) is 5.69 Å². The zero-order valence-corrected chi connectivity index (χ0v) is 12.9. The van der Waals surface area contributed by atoms with Gasteiger partial charge in [0.15, 0.2) is 11.5 Å². The Bertz CT molecular complexity index is 853. The lowest BCUT2D eigenvalue weighted by Crippen LogP contribution is -2.17. The molecule has 2 aromatic carbocycles. The van der Waals surface area contributed by atoms with Gasteiger partial charge in [-0.05, 0) is 17.7 Å². The number of aromatic amines is 1. The number of benzene rings is 2. The smallest absolute Gasteiger partial charge is 0.347 e. The highest BCUT2D eigenvalue weighted by molar-refractivity contribution is 5.49. The Balaban J connectivity index is 2.03. The minimum atomic E-state index is -0.289. The maximum Gasteiger partial charge on any atom is 0.347 e. The summed E-state index contributed by atoms with van der Waals surface area (Å²) in [6, 6.07) is 15.2. The first-order chi connectivity index (χ1) is 11.2. The van der Waals surface area contributed by atoms with Crippen LogP contribution in [0.3, 0.4) is 0 Å². The average molecular weight is 311 g/mol. The van der Waals surface area contributed by atoms with Crippen molar-refractivity contribution < 1.29 is 9.47 Å². The van der Waals surface area contributed by atoms with Crippen LogP contribution in [0.5, 0.6) is 11.5 Å². The van der Waals surface area contributed by atoms with Crippen LogP contribution in [0.2, 0.25) is 0 Å². The first-order valence-electron chi connectivity index (χ1n) is 7.15. The molecule has 0 atom stereocenters. The van der Waals surface area contributed by atoms with E-state index in [1.807, 2.05) is 30.3 Å². The van der Waals surface area contributed by atoms with Crippen LogP contribution in [0.1, 0.15) is 11.4 Å². The molecule has 0 amide bonds. The highest BCUT2D eigenvalue weighted by Crippen LogP contribution is 2.29. The summed E-state index contributed by atoms with van der Waals surface area (Å²) in [6.07, 6.45) is 0.550. The monoisotopic (exact) mass is 311 g/mol. The van der Waals surface area contributed by atoms with E-state index in [1.54, 1.807) is 32.4 Å². The third-order valence-electron chi connectivity index (χ3n) is 3.57. The van der Waals surface area contributed by atoms with Crippen molar-refractivity contribution in [3.8, 4) is 17.2 Å². The quantitative estimate of drug-likeness (QED) is 0.784. The first-order valence-corrected chi connectivity index (χ1v) is 7.15. The second kappa shape index (κ2) is 6.39. The molecule has 0 saturated heterocycles. The molecule has 6 heteroatoms. The largest absolute Gasteiger partial charge is 0.493 e. The van der Waals surface area contributed by atoms with E-state index in [2.05, 4.69) is 10.2 Å². The third kappa shape index (κ3) is 2.96. The fourth-order valence-electron chi connectivity index (χ4n) is 2.46. The first kappa shape index (κ1) is 14.9. The van der Waals surface area contributed by atoms with Crippen molar-refractivity contribution in [2.75, 3.05) is 14.2 Å². The SMILES string of the molecule is COc1ccc(-n2c(Cc3ccccc3)n[nH]c2=O)cc1OC. The van der Waals surface area contributed by atoms with Gasteiger partial charge in [0.25, 0.3) is 0 Å². The molecule has 3 aromatic rings. The second-order valence-electron chi connectivity index (χ2n) is 4.98. The predicted molar refractivity (Wildman–Crippen MR) is 86.5 cm³/mol. The summed E-state index contributed by atoms with van der Waals surface area (Å²) in [5.74, 6) is 1.80. The summed E-state index contributed by atoms with van der Waals surface area (Å²) in [7, 11) is 3.13. The molecule has 1 N–H and O–H groups in total. The number of hydrogen-bond donors (Lipinski definition) is 1. The molecule has 3 rings (SSSR count). The molecule has 0 unspecified atom stereocenters. The molecule has 1 aromatic heterocycles. The van der Waals surface area contributed by atoms with Crippen LogP contribution in [-0.2, 0) is 6.42 Å². The van der Waals surface area contributed by atoms with E-state index in [0.29, 0.717) is 29.4 Å². The van der Waals surface area contributed by atoms with E-state index < -0.39 is 0 Å². The fourth-order valence-corrected chi connectivity index (χ4v) is 2.46. The molecular formula is C17H17N3O3. The standard InChI is InChI=1S/C17H17N3O3/c1-22-14-9-8-13(11-15(14)23-2)20-16(18-19-17(20)21)10-12-6-4-3-5-7-12/h3-9,11H,10H2,1-2H3,(H,19,21). The Labute approximate surface area is 133 Å². The summed E-state index contributed by atoms with van der Waals surface area (Å²) in [4.78, 5) is 12.2. The molecular weight excluding hydrogens is 294 g/mol. The molecule has 0 aliphatic heterocycles. The van der Waals surface area contributed by atoms with Gasteiger partial charge in [-0.1, -0.05) is 30.3 Å². The van der Waals surface area contributed by atoms with E-state index >= 15 is 0 Å². The molecule has 0 fully saturated rings. The number of methoxy groups -OCH3 is 2. The highest BCUT2D eigenvalue weighted by atomic mass is 16.5.